The van der Waals surface area contributed by atoms with Crippen molar-refractivity contribution in [2.24, 2.45) is 5.41 Å². The molecule has 8 nitrogen and oxygen atoms in total. The number of alkyl halides is 2. The largest absolute Gasteiger partial charge is 0.485 e. The molecule has 1 fully saturated rings. The number of benzene rings is 1. The quantitative estimate of drug-likeness (QED) is 0.444. The molecule has 0 spiro atoms. The lowest BCUT2D eigenvalue weighted by Crippen LogP contribution is -2.51. The van der Waals surface area contributed by atoms with E-state index in [-0.39, 0.29) is 13.0 Å². The van der Waals surface area contributed by atoms with Crippen LogP contribution in [0.25, 0.3) is 0 Å². The minimum atomic E-state index is -1.18. The fourth-order valence-electron chi connectivity index (χ4n) is 2.31. The minimum Gasteiger partial charge on any atom is -0.485 e. The highest BCUT2D eigenvalue weighted by molar-refractivity contribution is 6.53. The van der Waals surface area contributed by atoms with Crippen molar-refractivity contribution in [3.8, 4) is 11.5 Å². The number of halogens is 2. The number of fused-ring (bicyclic) bond motifs is 1. The molecule has 1 aliphatic heterocycles. The van der Waals surface area contributed by atoms with E-state index in [1.54, 1.807) is 31.2 Å². The van der Waals surface area contributed by atoms with E-state index in [1.807, 2.05) is 0 Å². The molecule has 1 aromatic carbocycles. The van der Waals surface area contributed by atoms with Crippen LogP contribution in [0.3, 0.4) is 0 Å². The van der Waals surface area contributed by atoms with Gasteiger partial charge in [-0.25, -0.2) is 0 Å². The Hall–Kier alpha value is -2.19. The molecular weight excluding hydrogens is 387 g/mol. The Morgan fingerprint density at radius 1 is 1.23 bits per heavy atom. The Morgan fingerprint density at radius 2 is 1.88 bits per heavy atom. The zero-order valence-electron chi connectivity index (χ0n) is 13.7. The molecule has 1 heterocycles. The van der Waals surface area contributed by atoms with Crippen LogP contribution >= 0.6 is 23.2 Å². The van der Waals surface area contributed by atoms with Gasteiger partial charge in [-0.2, -0.15) is 0 Å². The summed E-state index contributed by atoms with van der Waals surface area (Å²) in [7, 11) is 0. The SMILES string of the molecule is C[C@@]1(C(=O)OCC(=O)NNC(=O)[C@H]2COc3ccccc3O2)CC1(Cl)Cl. The second-order valence-corrected chi connectivity index (χ2v) is 7.68. The average Bonchev–Trinajstić information content (AvgIpc) is 3.16. The predicted molar refractivity (Wildman–Crippen MR) is 90.8 cm³/mol. The molecule has 10 heteroatoms. The molecule has 2 atom stereocenters. The number of carbonyl (C=O) groups is 3. The summed E-state index contributed by atoms with van der Waals surface area (Å²) in [6.45, 7) is 0.969. The first kappa shape index (κ1) is 18.6. The summed E-state index contributed by atoms with van der Waals surface area (Å²) in [5.74, 6) is -1.03. The summed E-state index contributed by atoms with van der Waals surface area (Å²) in [6, 6.07) is 6.91. The number of ether oxygens (including phenoxy) is 3. The van der Waals surface area contributed by atoms with Gasteiger partial charge < -0.3 is 14.2 Å². The smallest absolute Gasteiger partial charge is 0.315 e. The van der Waals surface area contributed by atoms with Crippen molar-refractivity contribution in [3.63, 3.8) is 0 Å². The van der Waals surface area contributed by atoms with E-state index >= 15 is 0 Å². The first-order valence-corrected chi connectivity index (χ1v) is 8.51. The Labute approximate surface area is 159 Å². The first-order chi connectivity index (χ1) is 12.2. The van der Waals surface area contributed by atoms with Gasteiger partial charge in [0, 0.05) is 6.42 Å². The summed E-state index contributed by atoms with van der Waals surface area (Å²) in [6.07, 6.45) is -0.674. The number of carbonyl (C=O) groups excluding carboxylic acids is 3. The Balaban J connectivity index is 1.41. The molecule has 0 aromatic heterocycles. The third-order valence-electron chi connectivity index (χ3n) is 4.17. The summed E-state index contributed by atoms with van der Waals surface area (Å²) in [5, 5.41) is 0. The fraction of sp³-hybridized carbons (Fsp3) is 0.438. The van der Waals surface area contributed by atoms with E-state index in [4.69, 9.17) is 37.4 Å². The predicted octanol–water partition coefficient (Wildman–Crippen LogP) is 1.10. The highest BCUT2D eigenvalue weighted by atomic mass is 35.5. The molecule has 1 saturated carbocycles. The van der Waals surface area contributed by atoms with Crippen LogP contribution in [0, 0.1) is 5.41 Å². The number of hydrazine groups is 1. The van der Waals surface area contributed by atoms with Crippen LogP contribution in [0.4, 0.5) is 0 Å². The normalized spacial score (nSPS) is 25.0. The fourth-order valence-corrected chi connectivity index (χ4v) is 3.00. The summed E-state index contributed by atoms with van der Waals surface area (Å²) < 4.78 is 14.6. The molecule has 140 valence electrons. The van der Waals surface area contributed by atoms with E-state index in [2.05, 4.69) is 10.9 Å². The van der Waals surface area contributed by atoms with Crippen LogP contribution in [0.1, 0.15) is 13.3 Å². The van der Waals surface area contributed by atoms with E-state index in [0.717, 1.165) is 0 Å². The average molecular weight is 403 g/mol. The van der Waals surface area contributed by atoms with Crippen molar-refractivity contribution in [2.45, 2.75) is 23.8 Å². The number of esters is 1. The van der Waals surface area contributed by atoms with Crippen LogP contribution < -0.4 is 20.3 Å². The van der Waals surface area contributed by atoms with Gasteiger partial charge in [-0.3, -0.25) is 25.2 Å². The van der Waals surface area contributed by atoms with Crippen LogP contribution in [-0.2, 0) is 19.1 Å². The van der Waals surface area contributed by atoms with Gasteiger partial charge in [0.05, 0.1) is 0 Å². The monoisotopic (exact) mass is 402 g/mol. The molecule has 1 aliphatic carbocycles. The Bertz CT molecular complexity index is 756. The van der Waals surface area contributed by atoms with E-state index in [1.165, 1.54) is 0 Å². The molecule has 2 N–H and O–H groups in total. The second kappa shape index (κ2) is 6.85. The first-order valence-electron chi connectivity index (χ1n) is 7.75. The van der Waals surface area contributed by atoms with Gasteiger partial charge in [-0.05, 0) is 19.1 Å². The van der Waals surface area contributed by atoms with E-state index in [0.29, 0.717) is 11.5 Å². The van der Waals surface area contributed by atoms with Crippen molar-refractivity contribution >= 4 is 41.0 Å². The van der Waals surface area contributed by atoms with Gasteiger partial charge in [-0.1, -0.05) is 12.1 Å². The number of para-hydroxylation sites is 2. The van der Waals surface area contributed by atoms with Crippen molar-refractivity contribution < 1.29 is 28.6 Å². The number of rotatable bonds is 4. The minimum absolute atomic E-state index is 0.000412. The van der Waals surface area contributed by atoms with E-state index < -0.39 is 40.2 Å². The highest BCUT2D eigenvalue weighted by Crippen LogP contribution is 2.64. The van der Waals surface area contributed by atoms with Crippen molar-refractivity contribution in [1.82, 2.24) is 10.9 Å². The van der Waals surface area contributed by atoms with Gasteiger partial charge >= 0.3 is 5.97 Å². The number of hydrogen-bond acceptors (Lipinski definition) is 6. The maximum Gasteiger partial charge on any atom is 0.315 e. The lowest BCUT2D eigenvalue weighted by atomic mass is 10.1. The van der Waals surface area contributed by atoms with E-state index in [9.17, 15) is 14.4 Å². The molecule has 2 aliphatic rings. The van der Waals surface area contributed by atoms with Crippen LogP contribution in [0.15, 0.2) is 24.3 Å². The molecule has 0 radical (unpaired) electrons. The van der Waals surface area contributed by atoms with Crippen LogP contribution in [0.2, 0.25) is 0 Å². The third kappa shape index (κ3) is 3.66. The van der Waals surface area contributed by atoms with Gasteiger partial charge in [0.2, 0.25) is 6.10 Å². The van der Waals surface area contributed by atoms with Crippen molar-refractivity contribution in [1.29, 1.82) is 0 Å². The number of hydrogen-bond donors (Lipinski definition) is 2. The molecule has 2 amide bonds. The lowest BCUT2D eigenvalue weighted by Gasteiger charge is -2.25. The Kier molecular flexibility index (Phi) is 4.90. The molecule has 0 bridgehead atoms. The molecule has 0 saturated heterocycles. The lowest BCUT2D eigenvalue weighted by molar-refractivity contribution is -0.154. The van der Waals surface area contributed by atoms with Crippen molar-refractivity contribution in [2.75, 3.05) is 13.2 Å². The van der Waals surface area contributed by atoms with Gasteiger partial charge in [0.1, 0.15) is 16.4 Å². The van der Waals surface area contributed by atoms with Crippen LogP contribution in [0.5, 0.6) is 11.5 Å². The molecule has 26 heavy (non-hydrogen) atoms. The number of nitrogens with one attached hydrogen (secondary N) is 2. The summed E-state index contributed by atoms with van der Waals surface area (Å²) in [4.78, 5) is 35.6. The maximum absolute atomic E-state index is 12.0. The number of amides is 2. The molecular formula is C16H16Cl2N2O6. The summed E-state index contributed by atoms with van der Waals surface area (Å²) in [5.41, 5.74) is 3.30. The van der Waals surface area contributed by atoms with Crippen LogP contribution in [-0.4, -0.2) is 41.4 Å². The van der Waals surface area contributed by atoms with Gasteiger partial charge in [0.15, 0.2) is 18.1 Å². The zero-order valence-corrected chi connectivity index (χ0v) is 15.2. The maximum atomic E-state index is 12.0. The van der Waals surface area contributed by atoms with Gasteiger partial charge in [0.25, 0.3) is 11.8 Å². The van der Waals surface area contributed by atoms with Crippen molar-refractivity contribution in [3.05, 3.63) is 24.3 Å². The molecule has 0 unspecified atom stereocenters. The summed E-state index contributed by atoms with van der Waals surface area (Å²) >= 11 is 11.7. The third-order valence-corrected chi connectivity index (χ3v) is 5.27. The second-order valence-electron chi connectivity index (χ2n) is 6.19. The standard InChI is InChI=1S/C16H16Cl2N2O6/c1-15(8-16(15,17)18)14(23)25-7-12(21)19-20-13(22)11-6-24-9-4-2-3-5-10(9)26-11/h2-5,11H,6-8H2,1H3,(H,19,21)(H,20,22)/t11-,15+/m1/s1. The Morgan fingerprint density at radius 3 is 2.54 bits per heavy atom. The molecule has 3 rings (SSSR count). The topological polar surface area (TPSA) is 103 Å². The van der Waals surface area contributed by atoms with Gasteiger partial charge in [-0.15, -0.1) is 23.2 Å². The zero-order chi connectivity index (χ0) is 18.9. The molecule has 1 aromatic rings. The highest BCUT2D eigenvalue weighted by Gasteiger charge is 2.69.